The Morgan fingerprint density at radius 1 is 1.31 bits per heavy atom. The molecular formula is C11H11F3O2. The van der Waals surface area contributed by atoms with Gasteiger partial charge in [0, 0.05) is 6.61 Å². The van der Waals surface area contributed by atoms with Crippen LogP contribution in [-0.2, 0) is 0 Å². The highest BCUT2D eigenvalue weighted by Crippen LogP contribution is 2.50. The lowest BCUT2D eigenvalue weighted by atomic mass is 10.1. The van der Waals surface area contributed by atoms with Crippen LogP contribution in [0.2, 0.25) is 0 Å². The van der Waals surface area contributed by atoms with E-state index in [4.69, 9.17) is 5.11 Å². The summed E-state index contributed by atoms with van der Waals surface area (Å²) in [5, 5.41) is 8.90. The zero-order valence-electron chi connectivity index (χ0n) is 8.37. The third-order valence-electron chi connectivity index (χ3n) is 2.70. The topological polar surface area (TPSA) is 29.5 Å². The van der Waals surface area contributed by atoms with Crippen molar-refractivity contribution in [2.45, 2.75) is 18.7 Å². The summed E-state index contributed by atoms with van der Waals surface area (Å²) < 4.78 is 40.3. The maximum Gasteiger partial charge on any atom is 0.573 e. The van der Waals surface area contributed by atoms with Gasteiger partial charge in [0.25, 0.3) is 0 Å². The quantitative estimate of drug-likeness (QED) is 0.868. The molecule has 1 aliphatic rings. The fourth-order valence-electron chi connectivity index (χ4n) is 1.83. The maximum absolute atomic E-state index is 12.1. The molecule has 0 aliphatic heterocycles. The van der Waals surface area contributed by atoms with E-state index in [9.17, 15) is 13.2 Å². The lowest BCUT2D eigenvalue weighted by Crippen LogP contribution is -2.18. The van der Waals surface area contributed by atoms with E-state index in [1.807, 2.05) is 0 Å². The third-order valence-corrected chi connectivity index (χ3v) is 2.70. The first-order valence-electron chi connectivity index (χ1n) is 4.97. The van der Waals surface area contributed by atoms with Gasteiger partial charge in [-0.2, -0.15) is 0 Å². The average Bonchev–Trinajstić information content (AvgIpc) is 2.95. The average molecular weight is 232 g/mol. The van der Waals surface area contributed by atoms with Gasteiger partial charge in [-0.1, -0.05) is 18.2 Å². The second kappa shape index (κ2) is 3.97. The Balaban J connectivity index is 2.19. The van der Waals surface area contributed by atoms with Crippen LogP contribution in [0.25, 0.3) is 0 Å². The molecule has 0 spiro atoms. The van der Waals surface area contributed by atoms with Gasteiger partial charge in [0.2, 0.25) is 0 Å². The lowest BCUT2D eigenvalue weighted by Gasteiger charge is -2.12. The summed E-state index contributed by atoms with van der Waals surface area (Å²) in [6.45, 7) is 0.00498. The standard InChI is InChI=1S/C11H11F3O2/c12-11(13,14)16-10-4-2-1-3-8(10)9-5-7(9)6-15/h1-4,7,9,15H,5-6H2. The van der Waals surface area contributed by atoms with Crippen LogP contribution in [0.15, 0.2) is 24.3 Å². The zero-order valence-corrected chi connectivity index (χ0v) is 8.37. The molecule has 1 aliphatic carbocycles. The van der Waals surface area contributed by atoms with Crippen molar-refractivity contribution in [2.24, 2.45) is 5.92 Å². The Bertz CT molecular complexity index is 376. The summed E-state index contributed by atoms with van der Waals surface area (Å²) in [7, 11) is 0. The number of hydrogen-bond acceptors (Lipinski definition) is 2. The molecule has 0 saturated heterocycles. The van der Waals surface area contributed by atoms with Gasteiger partial charge in [0.05, 0.1) is 0 Å². The van der Waals surface area contributed by atoms with Crippen molar-refractivity contribution in [3.8, 4) is 5.75 Å². The minimum atomic E-state index is -4.67. The lowest BCUT2D eigenvalue weighted by molar-refractivity contribution is -0.274. The monoisotopic (exact) mass is 232 g/mol. The first-order valence-corrected chi connectivity index (χ1v) is 4.97. The molecule has 1 saturated carbocycles. The van der Waals surface area contributed by atoms with Gasteiger partial charge in [-0.25, -0.2) is 0 Å². The molecule has 0 bridgehead atoms. The van der Waals surface area contributed by atoms with E-state index < -0.39 is 6.36 Å². The number of aliphatic hydroxyl groups excluding tert-OH is 1. The summed E-state index contributed by atoms with van der Waals surface area (Å²) >= 11 is 0. The molecule has 2 atom stereocenters. The maximum atomic E-state index is 12.1. The Labute approximate surface area is 90.7 Å². The molecule has 0 aromatic heterocycles. The van der Waals surface area contributed by atoms with Gasteiger partial charge in [-0.15, -0.1) is 13.2 Å². The Morgan fingerprint density at radius 2 is 2.00 bits per heavy atom. The van der Waals surface area contributed by atoms with Crippen molar-refractivity contribution in [3.05, 3.63) is 29.8 Å². The number of hydrogen-bond donors (Lipinski definition) is 1. The third kappa shape index (κ3) is 2.47. The van der Waals surface area contributed by atoms with Gasteiger partial charge in [0.1, 0.15) is 5.75 Å². The van der Waals surface area contributed by atoms with Crippen molar-refractivity contribution in [1.29, 1.82) is 0 Å². The second-order valence-corrected chi connectivity index (χ2v) is 3.87. The normalized spacial score (nSPS) is 24.2. The van der Waals surface area contributed by atoms with Gasteiger partial charge in [-0.05, 0) is 29.9 Å². The smallest absolute Gasteiger partial charge is 0.405 e. The number of para-hydroxylation sites is 1. The van der Waals surface area contributed by atoms with Crippen LogP contribution in [0, 0.1) is 5.92 Å². The fourth-order valence-corrected chi connectivity index (χ4v) is 1.83. The highest BCUT2D eigenvalue weighted by molar-refractivity contribution is 5.39. The number of rotatable bonds is 3. The van der Waals surface area contributed by atoms with Crippen molar-refractivity contribution in [2.75, 3.05) is 6.61 Å². The summed E-state index contributed by atoms with van der Waals surface area (Å²) in [6, 6.07) is 6.09. The van der Waals surface area contributed by atoms with Gasteiger partial charge in [0.15, 0.2) is 0 Å². The minimum absolute atomic E-state index is 0.00498. The fraction of sp³-hybridized carbons (Fsp3) is 0.455. The van der Waals surface area contributed by atoms with Crippen molar-refractivity contribution in [1.82, 2.24) is 0 Å². The van der Waals surface area contributed by atoms with E-state index in [0.717, 1.165) is 0 Å². The Kier molecular flexibility index (Phi) is 2.80. The van der Waals surface area contributed by atoms with E-state index in [-0.39, 0.29) is 24.2 Å². The summed E-state index contributed by atoms with van der Waals surface area (Å²) in [4.78, 5) is 0. The van der Waals surface area contributed by atoms with Crippen molar-refractivity contribution >= 4 is 0 Å². The molecule has 16 heavy (non-hydrogen) atoms. The molecule has 5 heteroatoms. The van der Waals surface area contributed by atoms with Crippen LogP contribution in [-0.4, -0.2) is 18.1 Å². The molecule has 88 valence electrons. The van der Waals surface area contributed by atoms with Crippen LogP contribution in [0.5, 0.6) is 5.75 Å². The van der Waals surface area contributed by atoms with Gasteiger partial charge >= 0.3 is 6.36 Å². The summed E-state index contributed by atoms with van der Waals surface area (Å²) in [5.74, 6) is -0.0996. The zero-order chi connectivity index (χ0) is 11.8. The molecule has 1 aromatic rings. The first kappa shape index (κ1) is 11.3. The highest BCUT2D eigenvalue weighted by atomic mass is 19.4. The van der Waals surface area contributed by atoms with E-state index in [1.165, 1.54) is 12.1 Å². The van der Waals surface area contributed by atoms with Crippen LogP contribution in [0.4, 0.5) is 13.2 Å². The van der Waals surface area contributed by atoms with E-state index >= 15 is 0 Å². The van der Waals surface area contributed by atoms with Crippen molar-refractivity contribution < 1.29 is 23.0 Å². The number of aliphatic hydroxyl groups is 1. The van der Waals surface area contributed by atoms with Crippen molar-refractivity contribution in [3.63, 3.8) is 0 Å². The molecule has 1 aromatic carbocycles. The predicted octanol–water partition coefficient (Wildman–Crippen LogP) is 2.68. The van der Waals surface area contributed by atoms with Crippen LogP contribution in [0.3, 0.4) is 0 Å². The van der Waals surface area contributed by atoms with Crippen LogP contribution >= 0.6 is 0 Å². The summed E-state index contributed by atoms with van der Waals surface area (Å²) in [5.41, 5.74) is 0.527. The van der Waals surface area contributed by atoms with Crippen LogP contribution in [0.1, 0.15) is 17.9 Å². The largest absolute Gasteiger partial charge is 0.573 e. The molecule has 2 unspecified atom stereocenters. The molecule has 0 amide bonds. The van der Waals surface area contributed by atoms with Crippen LogP contribution < -0.4 is 4.74 Å². The number of alkyl halides is 3. The highest BCUT2D eigenvalue weighted by Gasteiger charge is 2.41. The molecular weight excluding hydrogens is 221 g/mol. The molecule has 0 heterocycles. The SMILES string of the molecule is OCC1CC1c1ccccc1OC(F)(F)F. The molecule has 0 radical (unpaired) electrons. The first-order chi connectivity index (χ1) is 7.51. The second-order valence-electron chi connectivity index (χ2n) is 3.87. The predicted molar refractivity (Wildman–Crippen MR) is 51.1 cm³/mol. The number of ether oxygens (including phenoxy) is 1. The van der Waals surface area contributed by atoms with E-state index in [2.05, 4.69) is 4.74 Å². The molecule has 1 N–H and O–H groups in total. The minimum Gasteiger partial charge on any atom is -0.405 e. The number of benzene rings is 1. The van der Waals surface area contributed by atoms with E-state index in [1.54, 1.807) is 12.1 Å². The Morgan fingerprint density at radius 3 is 2.56 bits per heavy atom. The molecule has 2 nitrogen and oxygen atoms in total. The van der Waals surface area contributed by atoms with E-state index in [0.29, 0.717) is 12.0 Å². The molecule has 2 rings (SSSR count). The number of halogens is 3. The summed E-state index contributed by atoms with van der Waals surface area (Å²) in [6.07, 6.45) is -3.95. The van der Waals surface area contributed by atoms with Gasteiger partial charge in [-0.3, -0.25) is 0 Å². The molecule has 1 fully saturated rings. The Hall–Kier alpha value is -1.23. The van der Waals surface area contributed by atoms with Gasteiger partial charge < -0.3 is 9.84 Å².